The molecule has 2 nitrogen and oxygen atoms in total. The summed E-state index contributed by atoms with van der Waals surface area (Å²) in [5, 5.41) is 7.54. The molecule has 0 saturated carbocycles. The van der Waals surface area contributed by atoms with E-state index in [4.69, 9.17) is 0 Å². The first-order valence-electron chi connectivity index (χ1n) is 19.1. The summed E-state index contributed by atoms with van der Waals surface area (Å²) < 4.78 is 4.98. The average molecular weight is 699 g/mol. The van der Waals surface area contributed by atoms with Crippen LogP contribution in [0.1, 0.15) is 22.3 Å². The van der Waals surface area contributed by atoms with Crippen LogP contribution in [0.4, 0.5) is 0 Å². The topological polar surface area (TPSA) is 9.86 Å². The zero-order chi connectivity index (χ0) is 36.1. The van der Waals surface area contributed by atoms with E-state index in [2.05, 4.69) is 215 Å². The largest absolute Gasteiger partial charge is 0.309 e. The van der Waals surface area contributed by atoms with E-state index in [-0.39, 0.29) is 0 Å². The van der Waals surface area contributed by atoms with E-state index in [0.717, 1.165) is 5.69 Å². The molecule has 1 aliphatic carbocycles. The molecule has 0 saturated heterocycles. The van der Waals surface area contributed by atoms with Crippen LogP contribution in [0.3, 0.4) is 0 Å². The first-order chi connectivity index (χ1) is 27.3. The van der Waals surface area contributed by atoms with Gasteiger partial charge in [-0.3, -0.25) is 0 Å². The van der Waals surface area contributed by atoms with Gasteiger partial charge in [0.05, 0.1) is 33.2 Å². The molecule has 0 atom stereocenters. The van der Waals surface area contributed by atoms with Gasteiger partial charge >= 0.3 is 0 Å². The van der Waals surface area contributed by atoms with Crippen molar-refractivity contribution < 1.29 is 0 Å². The number of benzene rings is 9. The Kier molecular flexibility index (Phi) is 6.29. The predicted octanol–water partition coefficient (Wildman–Crippen LogP) is 13.4. The molecular formula is C53H34N2. The van der Waals surface area contributed by atoms with Crippen LogP contribution >= 0.6 is 0 Å². The summed E-state index contributed by atoms with van der Waals surface area (Å²) in [5.74, 6) is 0. The van der Waals surface area contributed by atoms with Crippen molar-refractivity contribution in [3.8, 4) is 22.5 Å². The van der Waals surface area contributed by atoms with E-state index in [1.807, 2.05) is 0 Å². The van der Waals surface area contributed by atoms with Crippen LogP contribution in [0.25, 0.3) is 76.9 Å². The molecule has 11 aromatic rings. The summed E-state index contributed by atoms with van der Waals surface area (Å²) in [5.41, 5.74) is 14.2. The molecule has 0 spiro atoms. The standard InChI is InChI=1S/C53H34N2/c1-3-18-36(19-4-1)53(37-20-5-2-6-21-37)45-34-38(54-46-27-13-9-23-40(46)41-24-10-14-28-47(41)54)31-32-44(45)51-50(33-35-17-7-8-22-39(35)52(51)53)55-48-29-15-11-25-42(48)43-26-12-16-30-49(43)55/h1-34H. The molecule has 1 aliphatic rings. The lowest BCUT2D eigenvalue weighted by molar-refractivity contribution is 0.774. The molecule has 0 bridgehead atoms. The molecule has 2 aromatic heterocycles. The van der Waals surface area contributed by atoms with Crippen molar-refractivity contribution in [3.63, 3.8) is 0 Å². The van der Waals surface area contributed by atoms with Gasteiger partial charge in [0.1, 0.15) is 0 Å². The Morgan fingerprint density at radius 3 is 1.31 bits per heavy atom. The van der Waals surface area contributed by atoms with Gasteiger partial charge in [-0.2, -0.15) is 0 Å². The number of nitrogens with zero attached hydrogens (tertiary/aromatic N) is 2. The van der Waals surface area contributed by atoms with Crippen LogP contribution in [0.2, 0.25) is 0 Å². The maximum atomic E-state index is 2.52. The number of aromatic nitrogens is 2. The third-order valence-corrected chi connectivity index (χ3v) is 12.2. The lowest BCUT2D eigenvalue weighted by Gasteiger charge is -2.35. The molecule has 0 radical (unpaired) electrons. The molecule has 0 aliphatic heterocycles. The van der Waals surface area contributed by atoms with E-state index in [9.17, 15) is 0 Å². The molecule has 0 N–H and O–H groups in total. The Balaban J connectivity index is 1.30. The Hall–Kier alpha value is -7.16. The fourth-order valence-corrected chi connectivity index (χ4v) is 10.0. The zero-order valence-electron chi connectivity index (χ0n) is 30.0. The van der Waals surface area contributed by atoms with Crippen molar-refractivity contribution in [2.24, 2.45) is 0 Å². The van der Waals surface area contributed by atoms with E-state index >= 15 is 0 Å². The van der Waals surface area contributed by atoms with Crippen LogP contribution in [0.15, 0.2) is 206 Å². The summed E-state index contributed by atoms with van der Waals surface area (Å²) >= 11 is 0. The number of hydrogen-bond acceptors (Lipinski definition) is 0. The summed E-state index contributed by atoms with van der Waals surface area (Å²) in [6, 6.07) is 76.5. The Bertz CT molecular complexity index is 3160. The van der Waals surface area contributed by atoms with Crippen molar-refractivity contribution >= 4 is 54.4 Å². The summed E-state index contributed by atoms with van der Waals surface area (Å²) in [6.45, 7) is 0. The number of rotatable bonds is 4. The van der Waals surface area contributed by atoms with Crippen LogP contribution < -0.4 is 0 Å². The normalized spacial score (nSPS) is 13.2. The third-order valence-electron chi connectivity index (χ3n) is 12.2. The fraction of sp³-hybridized carbons (Fsp3) is 0.0189. The third kappa shape index (κ3) is 4.03. The van der Waals surface area contributed by atoms with E-state index in [1.165, 1.54) is 93.5 Å². The highest BCUT2D eigenvalue weighted by atomic mass is 15.0. The van der Waals surface area contributed by atoms with Crippen molar-refractivity contribution in [1.29, 1.82) is 0 Å². The monoisotopic (exact) mass is 698 g/mol. The van der Waals surface area contributed by atoms with Gasteiger partial charge in [0.15, 0.2) is 0 Å². The van der Waals surface area contributed by atoms with Crippen LogP contribution in [0, 0.1) is 0 Å². The van der Waals surface area contributed by atoms with Crippen molar-refractivity contribution in [2.45, 2.75) is 5.41 Å². The second-order valence-corrected chi connectivity index (χ2v) is 14.8. The van der Waals surface area contributed by atoms with Gasteiger partial charge in [0, 0.05) is 32.8 Å². The minimum absolute atomic E-state index is 0.615. The van der Waals surface area contributed by atoms with Gasteiger partial charge in [-0.05, 0) is 81.1 Å². The second-order valence-electron chi connectivity index (χ2n) is 14.8. The Morgan fingerprint density at radius 1 is 0.345 bits per heavy atom. The van der Waals surface area contributed by atoms with E-state index < -0.39 is 5.41 Å². The SMILES string of the molecule is c1ccc(C2(c3ccccc3)c3cc(-n4c5ccccc5c5ccccc54)ccc3-c3c(-n4c5ccccc5c5ccccc54)cc4ccccc4c32)cc1. The summed E-state index contributed by atoms with van der Waals surface area (Å²) in [7, 11) is 0. The highest BCUT2D eigenvalue weighted by molar-refractivity contribution is 6.13. The predicted molar refractivity (Wildman–Crippen MR) is 230 cm³/mol. The molecule has 2 heteroatoms. The molecule has 0 fully saturated rings. The van der Waals surface area contributed by atoms with E-state index in [1.54, 1.807) is 0 Å². The lowest BCUT2D eigenvalue weighted by atomic mass is 9.66. The minimum Gasteiger partial charge on any atom is -0.309 e. The molecule has 0 unspecified atom stereocenters. The fourth-order valence-electron chi connectivity index (χ4n) is 10.0. The summed E-state index contributed by atoms with van der Waals surface area (Å²) in [6.07, 6.45) is 0. The smallest absolute Gasteiger partial charge is 0.0721 e. The first kappa shape index (κ1) is 30.3. The van der Waals surface area contributed by atoms with Crippen molar-refractivity contribution in [3.05, 3.63) is 229 Å². The molecule has 256 valence electrons. The van der Waals surface area contributed by atoms with Gasteiger partial charge in [-0.25, -0.2) is 0 Å². The molecular weight excluding hydrogens is 665 g/mol. The van der Waals surface area contributed by atoms with Gasteiger partial charge in [0.2, 0.25) is 0 Å². The quantitative estimate of drug-likeness (QED) is 0.173. The minimum atomic E-state index is -0.615. The molecule has 55 heavy (non-hydrogen) atoms. The average Bonchev–Trinajstić information content (AvgIpc) is 3.89. The maximum Gasteiger partial charge on any atom is 0.0721 e. The van der Waals surface area contributed by atoms with E-state index in [0.29, 0.717) is 0 Å². The Labute approximate surface area is 318 Å². The molecule has 2 heterocycles. The number of fused-ring (bicyclic) bond motifs is 11. The molecule has 12 rings (SSSR count). The zero-order valence-corrected chi connectivity index (χ0v) is 30.0. The first-order valence-corrected chi connectivity index (χ1v) is 19.1. The molecule has 0 amide bonds. The maximum absolute atomic E-state index is 2.52. The van der Waals surface area contributed by atoms with Gasteiger partial charge in [0.25, 0.3) is 0 Å². The Morgan fingerprint density at radius 2 is 0.782 bits per heavy atom. The van der Waals surface area contributed by atoms with Crippen LogP contribution in [0.5, 0.6) is 0 Å². The molecule has 9 aromatic carbocycles. The highest BCUT2D eigenvalue weighted by Crippen LogP contribution is 2.60. The number of hydrogen-bond donors (Lipinski definition) is 0. The van der Waals surface area contributed by atoms with Crippen molar-refractivity contribution in [2.75, 3.05) is 0 Å². The van der Waals surface area contributed by atoms with Gasteiger partial charge in [-0.15, -0.1) is 0 Å². The van der Waals surface area contributed by atoms with Crippen LogP contribution in [-0.4, -0.2) is 9.13 Å². The van der Waals surface area contributed by atoms with Gasteiger partial charge < -0.3 is 9.13 Å². The number of para-hydroxylation sites is 4. The second kappa shape index (κ2) is 11.4. The van der Waals surface area contributed by atoms with Crippen molar-refractivity contribution in [1.82, 2.24) is 9.13 Å². The summed E-state index contributed by atoms with van der Waals surface area (Å²) in [4.78, 5) is 0. The highest BCUT2D eigenvalue weighted by Gasteiger charge is 2.48. The lowest BCUT2D eigenvalue weighted by Crippen LogP contribution is -2.29. The van der Waals surface area contributed by atoms with Gasteiger partial charge in [-0.1, -0.05) is 164 Å². The van der Waals surface area contributed by atoms with Crippen LogP contribution in [-0.2, 0) is 5.41 Å².